The van der Waals surface area contributed by atoms with Gasteiger partial charge in [0, 0.05) is 41.8 Å². The van der Waals surface area contributed by atoms with Crippen LogP contribution in [0.25, 0.3) is 10.9 Å². The van der Waals surface area contributed by atoms with Gasteiger partial charge in [-0.05, 0) is 41.3 Å². The van der Waals surface area contributed by atoms with Crippen LogP contribution in [0.15, 0.2) is 72.9 Å². The van der Waals surface area contributed by atoms with Crippen LogP contribution in [-0.4, -0.2) is 42.1 Å². The van der Waals surface area contributed by atoms with Crippen LogP contribution < -0.4 is 25.4 Å². The zero-order valence-corrected chi connectivity index (χ0v) is 20.3. The molecule has 4 N–H and O–H groups in total. The third-order valence-corrected chi connectivity index (χ3v) is 6.94. The van der Waals surface area contributed by atoms with Crippen molar-refractivity contribution >= 4 is 28.4 Å². The van der Waals surface area contributed by atoms with E-state index in [9.17, 15) is 9.59 Å². The largest absolute Gasteiger partial charge is 0.486 e. The molecule has 3 heterocycles. The van der Waals surface area contributed by atoms with Crippen LogP contribution in [0.5, 0.6) is 11.5 Å². The Morgan fingerprint density at radius 3 is 2.62 bits per heavy atom. The highest BCUT2D eigenvalue weighted by Gasteiger charge is 2.29. The highest BCUT2D eigenvalue weighted by atomic mass is 16.6. The van der Waals surface area contributed by atoms with E-state index in [-0.39, 0.29) is 11.8 Å². The number of carbonyl (C=O) groups excluding carboxylic acids is 2. The average Bonchev–Trinajstić information content (AvgIpc) is 3.35. The maximum absolute atomic E-state index is 13.5. The van der Waals surface area contributed by atoms with Gasteiger partial charge in [-0.1, -0.05) is 42.5 Å². The van der Waals surface area contributed by atoms with Gasteiger partial charge < -0.3 is 30.4 Å². The van der Waals surface area contributed by atoms with Crippen LogP contribution in [0.2, 0.25) is 0 Å². The molecule has 0 bridgehead atoms. The number of carbonyl (C=O) groups is 2. The molecule has 4 aromatic rings. The van der Waals surface area contributed by atoms with E-state index in [1.807, 2.05) is 42.6 Å². The van der Waals surface area contributed by atoms with Crippen LogP contribution in [0.4, 0.5) is 5.69 Å². The van der Waals surface area contributed by atoms with E-state index in [1.54, 1.807) is 18.2 Å². The summed E-state index contributed by atoms with van der Waals surface area (Å²) in [6, 6.07) is 20.1. The minimum absolute atomic E-state index is 0.198. The number of anilines is 1. The van der Waals surface area contributed by atoms with Gasteiger partial charge in [-0.3, -0.25) is 9.59 Å². The van der Waals surface area contributed by atoms with Gasteiger partial charge in [-0.25, -0.2) is 0 Å². The summed E-state index contributed by atoms with van der Waals surface area (Å²) in [7, 11) is 0. The monoisotopic (exact) mass is 496 g/mol. The first kappa shape index (κ1) is 23.1. The fourth-order valence-corrected chi connectivity index (χ4v) is 4.99. The van der Waals surface area contributed by atoms with Crippen molar-refractivity contribution in [2.45, 2.75) is 31.5 Å². The number of H-pyrrole nitrogens is 1. The molecule has 0 unspecified atom stereocenters. The van der Waals surface area contributed by atoms with E-state index in [2.05, 4.69) is 33.1 Å². The Labute approximate surface area is 214 Å². The van der Waals surface area contributed by atoms with Crippen molar-refractivity contribution in [1.29, 1.82) is 0 Å². The number of amides is 2. The molecule has 0 saturated heterocycles. The number of fused-ring (bicyclic) bond motifs is 3. The highest BCUT2D eigenvalue weighted by molar-refractivity contribution is 5.99. The number of para-hydroxylation sites is 1. The number of hydrogen-bond acceptors (Lipinski definition) is 5. The summed E-state index contributed by atoms with van der Waals surface area (Å²) in [4.78, 5) is 30.1. The maximum atomic E-state index is 13.5. The van der Waals surface area contributed by atoms with Gasteiger partial charge in [0.15, 0.2) is 11.5 Å². The Morgan fingerprint density at radius 2 is 1.73 bits per heavy atom. The lowest BCUT2D eigenvalue weighted by atomic mass is 9.95. The molecule has 8 heteroatoms. The topological polar surface area (TPSA) is 104 Å². The number of nitrogens with one attached hydrogen (secondary N) is 4. The molecular formula is C29H28N4O4. The number of ether oxygens (including phenoxy) is 2. The lowest BCUT2D eigenvalue weighted by Gasteiger charge is -2.27. The van der Waals surface area contributed by atoms with Gasteiger partial charge in [0.2, 0.25) is 11.8 Å². The highest BCUT2D eigenvalue weighted by Crippen LogP contribution is 2.32. The molecule has 1 aromatic heterocycles. The molecule has 2 atom stereocenters. The van der Waals surface area contributed by atoms with Gasteiger partial charge in [0.1, 0.15) is 19.3 Å². The van der Waals surface area contributed by atoms with Crippen molar-refractivity contribution in [2.75, 3.05) is 18.5 Å². The molecule has 0 saturated carbocycles. The second-order valence-corrected chi connectivity index (χ2v) is 9.38. The number of benzene rings is 3. The molecular weight excluding hydrogens is 468 g/mol. The molecule has 6 rings (SSSR count). The predicted octanol–water partition coefficient (Wildman–Crippen LogP) is 3.32. The van der Waals surface area contributed by atoms with E-state index < -0.39 is 12.1 Å². The van der Waals surface area contributed by atoms with Gasteiger partial charge in [-0.2, -0.15) is 0 Å². The summed E-state index contributed by atoms with van der Waals surface area (Å²) >= 11 is 0. The number of hydrogen-bond donors (Lipinski definition) is 4. The van der Waals surface area contributed by atoms with E-state index in [0.717, 1.165) is 22.0 Å². The summed E-state index contributed by atoms with van der Waals surface area (Å²) in [5.74, 6) is 0.742. The third-order valence-electron chi connectivity index (χ3n) is 6.94. The number of aromatic amines is 1. The van der Waals surface area contributed by atoms with Crippen LogP contribution in [0.3, 0.4) is 0 Å². The Balaban J connectivity index is 1.23. The van der Waals surface area contributed by atoms with Crippen molar-refractivity contribution in [3.05, 3.63) is 89.6 Å². The molecule has 8 nitrogen and oxygen atoms in total. The molecule has 3 aromatic carbocycles. The first-order valence-electron chi connectivity index (χ1n) is 12.5. The van der Waals surface area contributed by atoms with E-state index in [4.69, 9.17) is 9.47 Å². The normalized spacial score (nSPS) is 17.0. The molecule has 0 radical (unpaired) electrons. The SMILES string of the molecule is O=C(N[C@H](Cc1c[nH]c2ccccc12)C(=O)Nc1ccc2c(c1)OCCO2)[C@@H]1Cc2ccccc2CN1. The zero-order valence-electron chi connectivity index (χ0n) is 20.3. The molecule has 0 fully saturated rings. The van der Waals surface area contributed by atoms with E-state index in [0.29, 0.717) is 49.8 Å². The lowest BCUT2D eigenvalue weighted by Crippen LogP contribution is -2.53. The molecule has 2 aliphatic heterocycles. The fourth-order valence-electron chi connectivity index (χ4n) is 4.99. The first-order chi connectivity index (χ1) is 18.1. The quantitative estimate of drug-likeness (QED) is 0.328. The van der Waals surface area contributed by atoms with Crippen molar-refractivity contribution in [3.63, 3.8) is 0 Å². The van der Waals surface area contributed by atoms with E-state index >= 15 is 0 Å². The standard InChI is InChI=1S/C29H28N4O4/c34-28(24-13-18-5-1-2-6-19(18)16-31-24)33-25(14-20-17-30-23-8-4-3-7-22(20)23)29(35)32-21-9-10-26-27(15-21)37-12-11-36-26/h1-10,15,17,24-25,30-31H,11-14,16H2,(H,32,35)(H,33,34)/t24-,25+/m0/s1. The second kappa shape index (κ2) is 9.99. The van der Waals surface area contributed by atoms with Crippen molar-refractivity contribution < 1.29 is 19.1 Å². The molecule has 0 spiro atoms. The molecule has 2 amide bonds. The summed E-state index contributed by atoms with van der Waals surface area (Å²) < 4.78 is 11.2. The molecule has 188 valence electrons. The number of aromatic nitrogens is 1. The Bertz CT molecular complexity index is 1460. The predicted molar refractivity (Wildman–Crippen MR) is 141 cm³/mol. The Morgan fingerprint density at radius 1 is 0.946 bits per heavy atom. The maximum Gasteiger partial charge on any atom is 0.247 e. The van der Waals surface area contributed by atoms with Crippen LogP contribution in [0, 0.1) is 0 Å². The van der Waals surface area contributed by atoms with E-state index in [1.165, 1.54) is 5.56 Å². The summed E-state index contributed by atoms with van der Waals surface area (Å²) in [6.07, 6.45) is 2.82. The van der Waals surface area contributed by atoms with Crippen LogP contribution >= 0.6 is 0 Å². The van der Waals surface area contributed by atoms with Crippen molar-refractivity contribution in [3.8, 4) is 11.5 Å². The average molecular weight is 497 g/mol. The third kappa shape index (κ3) is 4.88. The van der Waals surface area contributed by atoms with Crippen LogP contribution in [-0.2, 0) is 29.0 Å². The first-order valence-corrected chi connectivity index (χ1v) is 12.5. The summed E-state index contributed by atoms with van der Waals surface area (Å²) in [5.41, 5.74) is 4.87. The molecule has 0 aliphatic carbocycles. The van der Waals surface area contributed by atoms with Gasteiger partial charge in [-0.15, -0.1) is 0 Å². The number of rotatable bonds is 6. The lowest BCUT2D eigenvalue weighted by molar-refractivity contribution is -0.128. The van der Waals surface area contributed by atoms with Gasteiger partial charge in [0.25, 0.3) is 0 Å². The van der Waals surface area contributed by atoms with Crippen LogP contribution in [0.1, 0.15) is 16.7 Å². The zero-order chi connectivity index (χ0) is 25.2. The van der Waals surface area contributed by atoms with Gasteiger partial charge in [0.05, 0.1) is 6.04 Å². The molecule has 37 heavy (non-hydrogen) atoms. The fraction of sp³-hybridized carbons (Fsp3) is 0.241. The minimum atomic E-state index is -0.779. The van der Waals surface area contributed by atoms with Crippen molar-refractivity contribution in [2.24, 2.45) is 0 Å². The minimum Gasteiger partial charge on any atom is -0.486 e. The van der Waals surface area contributed by atoms with Gasteiger partial charge >= 0.3 is 0 Å². The Kier molecular flexibility index (Phi) is 6.24. The Hall–Kier alpha value is -4.30. The molecule has 2 aliphatic rings. The summed E-state index contributed by atoms with van der Waals surface area (Å²) in [6.45, 7) is 1.57. The summed E-state index contributed by atoms with van der Waals surface area (Å²) in [5, 5.41) is 10.3. The smallest absolute Gasteiger partial charge is 0.247 e. The second-order valence-electron chi connectivity index (χ2n) is 9.38. The van der Waals surface area contributed by atoms with Crippen molar-refractivity contribution in [1.82, 2.24) is 15.6 Å².